The SMILES string of the molecule is CC1=C2N=C(C=C3N/C(=C(/C)C4=N[C@@](C)([C@@H]5N=C1[C@](C)(CCC(=O)NC[C@@H](C)OP(=O)(O)O[C@@H]1[C@@H](O)[C@@H](n6cnc7cc(C)c(C)cc76)O[C@H]1CO)[C@H]5CC(N)=O)[C@@](C)(CC(N)=O)[C@@H]4CCC(N)=O)[C@@](C)(CC(N)=O)[C@@H]3CCC(N)=O)C(C)(C)[C@@H]2CCC(N)=O. The highest BCUT2D eigenvalue weighted by molar-refractivity contribution is 7.47. The first-order chi connectivity index (χ1) is 41.8. The molecule has 7 heterocycles. The molecule has 90 heavy (non-hydrogen) atoms. The Hall–Kier alpha value is -7.00. The van der Waals surface area contributed by atoms with E-state index in [0.29, 0.717) is 56.4 Å². The number of aryl methyl sites for hydroxylation is 2. The maximum atomic E-state index is 14.4. The van der Waals surface area contributed by atoms with E-state index in [4.69, 9.17) is 63.2 Å². The molecule has 0 radical (unpaired) electrons. The number of amides is 7. The largest absolute Gasteiger partial charge is 0.472 e. The van der Waals surface area contributed by atoms with Gasteiger partial charge in [-0.05, 0) is 108 Å². The quantitative estimate of drug-likeness (QED) is 0.0603. The predicted octanol–water partition coefficient (Wildman–Crippen LogP) is 3.16. The van der Waals surface area contributed by atoms with Crippen LogP contribution >= 0.6 is 7.82 Å². The molecule has 0 saturated carbocycles. The first-order valence-corrected chi connectivity index (χ1v) is 32.1. The zero-order valence-corrected chi connectivity index (χ0v) is 54.1. The third-order valence-electron chi connectivity index (χ3n) is 20.6. The minimum absolute atomic E-state index is 0.0114. The molecule has 27 nitrogen and oxygen atoms in total. The average Bonchev–Trinajstić information content (AvgIpc) is 1.53. The van der Waals surface area contributed by atoms with Gasteiger partial charge in [-0.2, -0.15) is 0 Å². The lowest BCUT2D eigenvalue weighted by molar-refractivity contribution is -0.124. The summed E-state index contributed by atoms with van der Waals surface area (Å²) >= 11 is 0. The summed E-state index contributed by atoms with van der Waals surface area (Å²) in [5.41, 5.74) is 37.4. The number of aliphatic hydroxyl groups excluding tert-OH is 2. The molecule has 1 unspecified atom stereocenters. The van der Waals surface area contributed by atoms with E-state index in [2.05, 4.69) is 15.6 Å². The summed E-state index contributed by atoms with van der Waals surface area (Å²) in [6.07, 6.45) is -4.26. The lowest BCUT2D eigenvalue weighted by atomic mass is 9.55. The first-order valence-electron chi connectivity index (χ1n) is 30.6. The number of aromatic nitrogens is 2. The van der Waals surface area contributed by atoms with Gasteiger partial charge in [0.05, 0.1) is 41.7 Å². The monoisotopic (exact) mass is 1270 g/mol. The third kappa shape index (κ3) is 13.0. The number of phosphoric ester groups is 1. The van der Waals surface area contributed by atoms with Gasteiger partial charge in [-0.1, -0.05) is 34.6 Å². The highest BCUT2D eigenvalue weighted by atomic mass is 31.2. The highest BCUT2D eigenvalue weighted by Gasteiger charge is 2.66. The number of imidazole rings is 1. The molecule has 2 aromatic rings. The van der Waals surface area contributed by atoms with Crippen molar-refractivity contribution >= 4 is 77.3 Å². The lowest BCUT2D eigenvalue weighted by Gasteiger charge is -2.48. The van der Waals surface area contributed by atoms with Crippen LogP contribution in [0.1, 0.15) is 150 Å². The number of hydrogen-bond acceptors (Lipinski definition) is 18. The number of aliphatic imine (C=N–C) groups is 3. The van der Waals surface area contributed by atoms with E-state index < -0.39 is 143 Å². The van der Waals surface area contributed by atoms with Gasteiger partial charge in [-0.3, -0.25) is 57.6 Å². The number of carbonyl (C=O) groups excluding carboxylic acids is 7. The second-order valence-electron chi connectivity index (χ2n) is 27.1. The number of fused-ring (bicyclic) bond motifs is 7. The summed E-state index contributed by atoms with van der Waals surface area (Å²) in [6, 6.07) is 2.70. The minimum atomic E-state index is -5.07. The topological polar surface area (TPSA) is 460 Å². The van der Waals surface area contributed by atoms with Crippen molar-refractivity contribution in [2.45, 2.75) is 189 Å². The van der Waals surface area contributed by atoms with E-state index in [1.807, 2.05) is 87.4 Å². The number of hydrogen-bond donors (Lipinski definition) is 11. The molecular weight excluding hydrogens is 1180 g/mol. The number of allylic oxidation sites excluding steroid dienone is 6. The summed E-state index contributed by atoms with van der Waals surface area (Å²) in [7, 11) is -5.07. The summed E-state index contributed by atoms with van der Waals surface area (Å²) in [4.78, 5) is 126. The molecule has 28 heteroatoms. The fourth-order valence-corrected chi connectivity index (χ4v) is 16.6. The van der Waals surface area contributed by atoms with Gasteiger partial charge < -0.3 is 69.4 Å². The van der Waals surface area contributed by atoms with Crippen LogP contribution in [0, 0.1) is 59.2 Å². The Morgan fingerprint density at radius 1 is 0.800 bits per heavy atom. The molecule has 0 spiro atoms. The summed E-state index contributed by atoms with van der Waals surface area (Å²) in [5.74, 6) is -7.18. The van der Waals surface area contributed by atoms with E-state index >= 15 is 0 Å². The summed E-state index contributed by atoms with van der Waals surface area (Å²) < 4.78 is 32.3. The van der Waals surface area contributed by atoms with Crippen molar-refractivity contribution in [1.82, 2.24) is 20.2 Å². The Bertz CT molecular complexity index is 3540. The lowest BCUT2D eigenvalue weighted by Crippen LogP contribution is -2.56. The summed E-state index contributed by atoms with van der Waals surface area (Å²) in [5, 5.41) is 28.2. The van der Waals surface area contributed by atoms with Crippen molar-refractivity contribution in [1.29, 1.82) is 0 Å². The Labute approximate surface area is 523 Å². The van der Waals surface area contributed by atoms with Crippen LogP contribution in [0.25, 0.3) is 11.0 Å². The highest BCUT2D eigenvalue weighted by Crippen LogP contribution is 2.63. The van der Waals surface area contributed by atoms with Gasteiger partial charge in [0.15, 0.2) is 6.23 Å². The molecule has 15 atom stereocenters. The number of nitrogens with two attached hydrogens (primary N) is 6. The maximum absolute atomic E-state index is 14.4. The number of aliphatic hydroxyl groups is 2. The maximum Gasteiger partial charge on any atom is 0.472 e. The Morgan fingerprint density at radius 3 is 1.99 bits per heavy atom. The second-order valence-corrected chi connectivity index (χ2v) is 28.4. The molecule has 1 aromatic carbocycles. The molecule has 17 N–H and O–H groups in total. The Kier molecular flexibility index (Phi) is 19.6. The van der Waals surface area contributed by atoms with Crippen molar-refractivity contribution in [3.05, 3.63) is 63.9 Å². The van der Waals surface area contributed by atoms with E-state index in [-0.39, 0.29) is 77.2 Å². The van der Waals surface area contributed by atoms with Gasteiger partial charge in [0.25, 0.3) is 0 Å². The minimum Gasteiger partial charge on any atom is -0.394 e. The number of benzene rings is 1. The van der Waals surface area contributed by atoms with Gasteiger partial charge in [-0.15, -0.1) is 0 Å². The van der Waals surface area contributed by atoms with Crippen LogP contribution in [0.3, 0.4) is 0 Å². The zero-order valence-electron chi connectivity index (χ0n) is 53.3. The molecule has 1 aromatic heterocycles. The van der Waals surface area contributed by atoms with E-state index in [0.717, 1.165) is 11.1 Å². The molecule has 2 saturated heterocycles. The smallest absolute Gasteiger partial charge is 0.394 e. The van der Waals surface area contributed by atoms with Crippen LogP contribution in [0.4, 0.5) is 0 Å². The van der Waals surface area contributed by atoms with Gasteiger partial charge in [-0.25, -0.2) is 9.55 Å². The number of phosphoric acid groups is 1. The molecule has 8 bridgehead atoms. The van der Waals surface area contributed by atoms with Crippen molar-refractivity contribution < 1.29 is 67.0 Å². The fraction of sp³-hybridized carbons (Fsp3) is 0.629. The first kappa shape index (κ1) is 68.9. The van der Waals surface area contributed by atoms with Crippen LogP contribution in [-0.2, 0) is 51.9 Å². The van der Waals surface area contributed by atoms with Crippen molar-refractivity contribution in [3.8, 4) is 0 Å². The van der Waals surface area contributed by atoms with Crippen LogP contribution in [0.2, 0.25) is 0 Å². The van der Waals surface area contributed by atoms with Crippen molar-refractivity contribution in [2.75, 3.05) is 13.2 Å². The van der Waals surface area contributed by atoms with E-state index in [1.54, 1.807) is 4.57 Å². The van der Waals surface area contributed by atoms with Crippen molar-refractivity contribution in [2.24, 2.45) is 94.7 Å². The standard InChI is InChI=1S/C62H90N13O14P/c1-29-20-39-40(21-30(29)2)75(28-70-39)57-52(84)53(41(27-76)87-57)89-90(85,86)88-31(3)26-69-49(83)18-19-59(8)37(22-46(66)80)56-62(11)61(10,25-48(68)82)36(14-17-45(65)79)51(74-62)33(5)55-60(9,24-47(67)81)34(12-15-43(63)77)38(71-55)23-42-58(6,7)35(13-16-44(64)78)50(72-42)32(4)54(59)73-56/h20-21,23,28,31,34-37,41,52-53,56-57,71,76,84H,12-19,22,24-27H2,1-11H3,(H2,63,77)(H2,64,78)(H2,65,79)(H2,66,80)(H2,67,81)(H2,68,82)(H,69,83)(H,85,86)/b38-23?,50-32?,55-33-/t31-,34-,35-,36-,37+,41+,52-,53+,56-,57+,59-,60+,61+,62+/m1/s1. The molecule has 0 aliphatic carbocycles. The van der Waals surface area contributed by atoms with E-state index in [9.17, 15) is 53.2 Å². The number of nitrogens with zero attached hydrogens (tertiary/aromatic N) is 5. The predicted molar refractivity (Wildman–Crippen MR) is 334 cm³/mol. The fourth-order valence-electron chi connectivity index (χ4n) is 15.4. The number of ether oxygens (including phenoxy) is 1. The van der Waals surface area contributed by atoms with Gasteiger partial charge >= 0.3 is 7.82 Å². The van der Waals surface area contributed by atoms with E-state index in [1.165, 1.54) is 13.3 Å². The van der Waals surface area contributed by atoms with Gasteiger partial charge in [0, 0.05) is 131 Å². The number of primary amides is 6. The molecular formula is C62H90N13O14P. The second kappa shape index (κ2) is 25.6. The van der Waals surface area contributed by atoms with Crippen LogP contribution < -0.4 is 45.0 Å². The molecule has 6 aliphatic rings. The van der Waals surface area contributed by atoms with Gasteiger partial charge in [0.1, 0.15) is 18.3 Å². The molecule has 7 amide bonds. The van der Waals surface area contributed by atoms with Crippen LogP contribution in [0.5, 0.6) is 0 Å². The summed E-state index contributed by atoms with van der Waals surface area (Å²) in [6.45, 7) is 19.3. The molecule has 8 rings (SSSR count). The number of nitrogens with one attached hydrogen (secondary N) is 2. The van der Waals surface area contributed by atoms with Gasteiger partial charge in [0.2, 0.25) is 41.4 Å². The number of carbonyl (C=O) groups is 7. The van der Waals surface area contributed by atoms with Crippen molar-refractivity contribution in [3.63, 3.8) is 0 Å². The average molecular weight is 1270 g/mol. The van der Waals surface area contributed by atoms with Crippen LogP contribution in [0.15, 0.2) is 67.8 Å². The van der Waals surface area contributed by atoms with Crippen LogP contribution in [-0.4, -0.2) is 132 Å². The Balaban J connectivity index is 1.19. The third-order valence-corrected chi connectivity index (χ3v) is 21.7. The molecule has 6 aliphatic heterocycles. The Morgan fingerprint density at radius 2 is 1.40 bits per heavy atom. The number of rotatable bonds is 26. The zero-order chi connectivity index (χ0) is 66.7. The molecule has 492 valence electrons. The normalized spacial score (nSPS) is 32.8. The molecule has 2 fully saturated rings.